The van der Waals surface area contributed by atoms with Gasteiger partial charge in [0.15, 0.2) is 23.0 Å². The predicted octanol–water partition coefficient (Wildman–Crippen LogP) is 4.02. The van der Waals surface area contributed by atoms with E-state index in [4.69, 9.17) is 18.9 Å². The zero-order valence-corrected chi connectivity index (χ0v) is 24.7. The first kappa shape index (κ1) is 28.5. The number of nitrogens with zero attached hydrogens (tertiary/aromatic N) is 5. The molecular weight excluding hydrogens is 572 g/mol. The molecule has 6 rings (SSSR count). The van der Waals surface area contributed by atoms with Crippen molar-refractivity contribution in [1.82, 2.24) is 25.5 Å². The highest BCUT2D eigenvalue weighted by Gasteiger charge is 2.36. The van der Waals surface area contributed by atoms with Gasteiger partial charge in [-0.05, 0) is 59.8 Å². The Labute approximate surface area is 252 Å². The van der Waals surface area contributed by atoms with E-state index in [0.717, 1.165) is 30.6 Å². The number of tetrazole rings is 1. The van der Waals surface area contributed by atoms with E-state index in [1.54, 1.807) is 50.6 Å². The third kappa shape index (κ3) is 6.12. The van der Waals surface area contributed by atoms with Crippen molar-refractivity contribution in [2.75, 3.05) is 32.3 Å². The molecule has 2 aliphatic rings. The molecule has 2 aromatic heterocycles. The average molecular weight is 605 g/mol. The SMILES string of the molecule is COc1ccc(-c2nnn(CC(=O)N(c3ccc4c(c3)OCCO4)[C@@H](C(=O)NC3CCCC3)c3cccs3)n2)cc1OC. The molecule has 0 unspecified atom stereocenters. The molecule has 1 fully saturated rings. The summed E-state index contributed by atoms with van der Waals surface area (Å²) in [4.78, 5) is 31.6. The number of hydrogen-bond donors (Lipinski definition) is 1. The molecule has 1 saturated carbocycles. The van der Waals surface area contributed by atoms with Crippen LogP contribution in [0.4, 0.5) is 5.69 Å². The van der Waals surface area contributed by atoms with Crippen molar-refractivity contribution in [3.63, 3.8) is 0 Å². The fourth-order valence-electron chi connectivity index (χ4n) is 5.39. The van der Waals surface area contributed by atoms with Crippen LogP contribution in [-0.4, -0.2) is 65.5 Å². The number of ether oxygens (including phenoxy) is 4. The quantitative estimate of drug-likeness (QED) is 0.285. The van der Waals surface area contributed by atoms with Crippen molar-refractivity contribution in [2.24, 2.45) is 0 Å². The van der Waals surface area contributed by atoms with E-state index in [2.05, 4.69) is 20.7 Å². The van der Waals surface area contributed by atoms with Crippen molar-refractivity contribution in [3.05, 3.63) is 58.8 Å². The van der Waals surface area contributed by atoms with Crippen LogP contribution in [0.5, 0.6) is 23.0 Å². The van der Waals surface area contributed by atoms with Crippen molar-refractivity contribution in [1.29, 1.82) is 0 Å². The molecule has 2 amide bonds. The van der Waals surface area contributed by atoms with Gasteiger partial charge in [-0.1, -0.05) is 18.9 Å². The normalized spacial score (nSPS) is 15.1. The molecular formula is C30H32N6O6S. The molecule has 1 aliphatic carbocycles. The Hall–Kier alpha value is -4.65. The number of anilines is 1. The molecule has 1 N–H and O–H groups in total. The second-order valence-corrected chi connectivity index (χ2v) is 11.2. The molecule has 0 saturated heterocycles. The Morgan fingerprint density at radius 3 is 2.58 bits per heavy atom. The van der Waals surface area contributed by atoms with E-state index in [1.807, 2.05) is 17.5 Å². The first-order valence-electron chi connectivity index (χ1n) is 14.1. The Bertz CT molecular complexity index is 1590. The summed E-state index contributed by atoms with van der Waals surface area (Å²) in [5, 5.41) is 17.8. The van der Waals surface area contributed by atoms with Gasteiger partial charge in [-0.2, -0.15) is 4.80 Å². The topological polar surface area (TPSA) is 130 Å². The monoisotopic (exact) mass is 604 g/mol. The number of benzene rings is 2. The van der Waals surface area contributed by atoms with Crippen LogP contribution in [-0.2, 0) is 16.1 Å². The largest absolute Gasteiger partial charge is 0.493 e. The van der Waals surface area contributed by atoms with Crippen molar-refractivity contribution >= 4 is 28.8 Å². The maximum atomic E-state index is 14.2. The number of fused-ring (bicyclic) bond motifs is 1. The van der Waals surface area contributed by atoms with Crippen LogP contribution in [0, 0.1) is 0 Å². The minimum atomic E-state index is -0.912. The van der Waals surface area contributed by atoms with Crippen LogP contribution in [0.15, 0.2) is 53.9 Å². The van der Waals surface area contributed by atoms with Gasteiger partial charge in [0.2, 0.25) is 11.7 Å². The smallest absolute Gasteiger partial charge is 0.251 e. The summed E-state index contributed by atoms with van der Waals surface area (Å²) < 4.78 is 22.2. The zero-order valence-electron chi connectivity index (χ0n) is 23.9. The number of rotatable bonds is 10. The van der Waals surface area contributed by atoms with Crippen LogP contribution >= 0.6 is 11.3 Å². The molecule has 1 atom stereocenters. The van der Waals surface area contributed by atoms with E-state index in [0.29, 0.717) is 53.3 Å². The van der Waals surface area contributed by atoms with E-state index < -0.39 is 11.9 Å². The lowest BCUT2D eigenvalue weighted by Crippen LogP contribution is -2.47. The number of aromatic nitrogens is 4. The number of nitrogens with one attached hydrogen (secondary N) is 1. The van der Waals surface area contributed by atoms with Gasteiger partial charge >= 0.3 is 0 Å². The lowest BCUT2D eigenvalue weighted by atomic mass is 10.1. The number of carbonyl (C=O) groups excluding carboxylic acids is 2. The Morgan fingerprint density at radius 2 is 1.84 bits per heavy atom. The van der Waals surface area contributed by atoms with E-state index in [-0.39, 0.29) is 18.5 Å². The Kier molecular flexibility index (Phi) is 8.40. The predicted molar refractivity (Wildman–Crippen MR) is 159 cm³/mol. The van der Waals surface area contributed by atoms with Gasteiger partial charge < -0.3 is 24.3 Å². The molecule has 43 heavy (non-hydrogen) atoms. The highest BCUT2D eigenvalue weighted by molar-refractivity contribution is 7.10. The van der Waals surface area contributed by atoms with Crippen molar-refractivity contribution in [3.8, 4) is 34.4 Å². The van der Waals surface area contributed by atoms with Crippen LogP contribution in [0.2, 0.25) is 0 Å². The molecule has 0 spiro atoms. The third-order valence-corrected chi connectivity index (χ3v) is 8.39. The van der Waals surface area contributed by atoms with Crippen molar-refractivity contribution in [2.45, 2.75) is 44.3 Å². The van der Waals surface area contributed by atoms with E-state index in [1.165, 1.54) is 21.0 Å². The Balaban J connectivity index is 1.34. The van der Waals surface area contributed by atoms with Gasteiger partial charge in [-0.25, -0.2) is 0 Å². The summed E-state index contributed by atoms with van der Waals surface area (Å²) in [5.74, 6) is 1.86. The van der Waals surface area contributed by atoms with Crippen molar-refractivity contribution < 1.29 is 28.5 Å². The van der Waals surface area contributed by atoms with Gasteiger partial charge in [-0.15, -0.1) is 21.5 Å². The highest BCUT2D eigenvalue weighted by atomic mass is 32.1. The molecule has 224 valence electrons. The lowest BCUT2D eigenvalue weighted by Gasteiger charge is -2.32. The summed E-state index contributed by atoms with van der Waals surface area (Å²) in [6.45, 7) is 0.576. The van der Waals surface area contributed by atoms with Crippen LogP contribution in [0.25, 0.3) is 11.4 Å². The minimum Gasteiger partial charge on any atom is -0.493 e. The van der Waals surface area contributed by atoms with Gasteiger partial charge in [0, 0.05) is 28.2 Å². The average Bonchev–Trinajstić information content (AvgIpc) is 3.83. The maximum absolute atomic E-state index is 14.2. The fourth-order valence-corrected chi connectivity index (χ4v) is 6.20. The zero-order chi connectivity index (χ0) is 29.8. The van der Waals surface area contributed by atoms with Crippen LogP contribution in [0.3, 0.4) is 0 Å². The first-order valence-corrected chi connectivity index (χ1v) is 15.0. The number of thiophene rings is 1. The number of methoxy groups -OCH3 is 2. The second-order valence-electron chi connectivity index (χ2n) is 10.2. The molecule has 12 nitrogen and oxygen atoms in total. The summed E-state index contributed by atoms with van der Waals surface area (Å²) >= 11 is 1.42. The first-order chi connectivity index (χ1) is 21.0. The van der Waals surface area contributed by atoms with Gasteiger partial charge in [0.25, 0.3) is 5.91 Å². The number of amides is 2. The van der Waals surface area contributed by atoms with Gasteiger partial charge in [-0.3, -0.25) is 14.5 Å². The highest BCUT2D eigenvalue weighted by Crippen LogP contribution is 2.38. The molecule has 2 aromatic carbocycles. The Morgan fingerprint density at radius 1 is 1.05 bits per heavy atom. The molecule has 1 aliphatic heterocycles. The molecule has 4 aromatic rings. The summed E-state index contributed by atoms with van der Waals surface area (Å²) in [5.41, 5.74) is 1.14. The van der Waals surface area contributed by atoms with Crippen LogP contribution in [0.1, 0.15) is 36.6 Å². The van der Waals surface area contributed by atoms with Crippen LogP contribution < -0.4 is 29.2 Å². The minimum absolute atomic E-state index is 0.0770. The number of hydrogen-bond acceptors (Lipinski definition) is 10. The molecule has 13 heteroatoms. The van der Waals surface area contributed by atoms with Gasteiger partial charge in [0.05, 0.1) is 14.2 Å². The molecule has 3 heterocycles. The van der Waals surface area contributed by atoms with Gasteiger partial charge in [0.1, 0.15) is 25.8 Å². The number of carbonyl (C=O) groups is 2. The standard InChI is InChI=1S/C30H32N6O6S/c1-39-22-11-9-19(16-24(22)40-2)29-32-34-35(33-29)18-27(37)36(21-10-12-23-25(17-21)42-14-13-41-23)28(26-8-5-15-43-26)30(38)31-20-6-3-4-7-20/h5,8-12,15-17,20,28H,3-4,6-7,13-14,18H2,1-2H3,(H,31,38)/t28-/m1/s1. The lowest BCUT2D eigenvalue weighted by molar-refractivity contribution is -0.127. The summed E-state index contributed by atoms with van der Waals surface area (Å²) in [6.07, 6.45) is 3.98. The summed E-state index contributed by atoms with van der Waals surface area (Å²) in [6, 6.07) is 13.4. The maximum Gasteiger partial charge on any atom is 0.251 e. The summed E-state index contributed by atoms with van der Waals surface area (Å²) in [7, 11) is 3.10. The second kappa shape index (κ2) is 12.7. The molecule has 0 bridgehead atoms. The molecule has 0 radical (unpaired) electrons. The fraction of sp³-hybridized carbons (Fsp3) is 0.367. The van der Waals surface area contributed by atoms with E-state index >= 15 is 0 Å². The van der Waals surface area contributed by atoms with E-state index in [9.17, 15) is 9.59 Å². The third-order valence-electron chi connectivity index (χ3n) is 7.46.